The third-order valence-electron chi connectivity index (χ3n) is 11.5. The van der Waals surface area contributed by atoms with Gasteiger partial charge in [-0.1, -0.05) is 137 Å². The first-order chi connectivity index (χ1) is 22.9. The Morgan fingerprint density at radius 2 is 1.44 bits per heavy atom. The van der Waals surface area contributed by atoms with E-state index in [-0.39, 0.29) is 10.8 Å². The average molecular weight is 629 g/mol. The molecular weight excluding hydrogens is 577 g/mol. The molecule has 0 saturated heterocycles. The van der Waals surface area contributed by atoms with Crippen LogP contribution in [0, 0.1) is 26.7 Å². The molecule has 1 atom stereocenters. The molecule has 0 aliphatic heterocycles. The number of fused-ring (bicyclic) bond motifs is 1. The zero-order chi connectivity index (χ0) is 34.4. The van der Waals surface area contributed by atoms with E-state index in [4.69, 9.17) is 0 Å². The number of aryl methyl sites for hydroxylation is 3. The summed E-state index contributed by atoms with van der Waals surface area (Å²) in [6, 6.07) is 29.9. The minimum atomic E-state index is -0.109. The zero-order valence-electron chi connectivity index (χ0n) is 30.6. The van der Waals surface area contributed by atoms with Crippen molar-refractivity contribution in [2.24, 2.45) is 5.92 Å². The van der Waals surface area contributed by atoms with Gasteiger partial charge >= 0.3 is 0 Å². The highest BCUT2D eigenvalue weighted by atomic mass is 14.4. The van der Waals surface area contributed by atoms with Crippen molar-refractivity contribution < 1.29 is 0 Å². The van der Waals surface area contributed by atoms with Gasteiger partial charge in [-0.2, -0.15) is 0 Å². The highest BCUT2D eigenvalue weighted by Crippen LogP contribution is 2.47. The van der Waals surface area contributed by atoms with E-state index in [1.165, 1.54) is 83.5 Å². The Kier molecular flexibility index (Phi) is 8.99. The number of hydrogen-bond donors (Lipinski definition) is 0. The molecule has 6 rings (SSSR count). The predicted octanol–water partition coefficient (Wildman–Crippen LogP) is 13.2. The second-order valence-corrected chi connectivity index (χ2v) is 15.2. The highest BCUT2D eigenvalue weighted by Gasteiger charge is 2.36. The van der Waals surface area contributed by atoms with Crippen LogP contribution in [0.1, 0.15) is 86.9 Å². The normalized spacial score (nSPS) is 17.6. The molecule has 2 aliphatic carbocycles. The monoisotopic (exact) mass is 628 g/mol. The van der Waals surface area contributed by atoms with Gasteiger partial charge in [-0.15, -0.1) is 0 Å². The smallest absolute Gasteiger partial charge is 0.0152 e. The van der Waals surface area contributed by atoms with E-state index in [9.17, 15) is 0 Å². The number of allylic oxidation sites excluding steroid dienone is 9. The molecule has 48 heavy (non-hydrogen) atoms. The van der Waals surface area contributed by atoms with E-state index in [0.717, 1.165) is 12.8 Å². The summed E-state index contributed by atoms with van der Waals surface area (Å²) in [5.41, 5.74) is 20.3. The molecule has 1 unspecified atom stereocenters. The second kappa shape index (κ2) is 12.9. The molecule has 244 valence electrons. The Labute approximate surface area is 290 Å². The number of benzene rings is 4. The molecule has 0 bridgehead atoms. The molecule has 0 saturated carbocycles. The van der Waals surface area contributed by atoms with Crippen LogP contribution < -0.4 is 0 Å². The third-order valence-corrected chi connectivity index (χ3v) is 11.5. The maximum absolute atomic E-state index is 4.21. The summed E-state index contributed by atoms with van der Waals surface area (Å²) in [5.74, 6) is 0.434. The average Bonchev–Trinajstić information content (AvgIpc) is 3.05. The van der Waals surface area contributed by atoms with Crippen LogP contribution >= 0.6 is 0 Å². The van der Waals surface area contributed by atoms with Gasteiger partial charge in [0.15, 0.2) is 0 Å². The molecule has 0 fully saturated rings. The molecule has 0 heteroatoms. The lowest BCUT2D eigenvalue weighted by Crippen LogP contribution is -2.31. The van der Waals surface area contributed by atoms with Crippen LogP contribution in [0.5, 0.6) is 0 Å². The molecule has 0 spiro atoms. The summed E-state index contributed by atoms with van der Waals surface area (Å²) in [5, 5.41) is 0. The Balaban J connectivity index is 1.43. The summed E-state index contributed by atoms with van der Waals surface area (Å²) in [6.07, 6.45) is 13.3. The minimum Gasteiger partial charge on any atom is -0.0987 e. The Bertz CT molecular complexity index is 2030. The van der Waals surface area contributed by atoms with Crippen molar-refractivity contribution in [3.05, 3.63) is 171 Å². The first-order valence-electron chi connectivity index (χ1n) is 17.7. The van der Waals surface area contributed by atoms with Crippen LogP contribution in [0.15, 0.2) is 133 Å². The van der Waals surface area contributed by atoms with Crippen LogP contribution in [-0.2, 0) is 17.3 Å². The van der Waals surface area contributed by atoms with E-state index >= 15 is 0 Å². The highest BCUT2D eigenvalue weighted by molar-refractivity contribution is 5.84. The van der Waals surface area contributed by atoms with Crippen molar-refractivity contribution in [3.63, 3.8) is 0 Å². The maximum atomic E-state index is 4.21. The Morgan fingerprint density at radius 3 is 2.10 bits per heavy atom. The van der Waals surface area contributed by atoms with Crippen molar-refractivity contribution in [1.82, 2.24) is 0 Å². The number of rotatable bonds is 7. The van der Waals surface area contributed by atoms with Gasteiger partial charge in [-0.3, -0.25) is 0 Å². The topological polar surface area (TPSA) is 0 Å². The summed E-state index contributed by atoms with van der Waals surface area (Å²) in [4.78, 5) is 0. The van der Waals surface area contributed by atoms with Gasteiger partial charge in [0.1, 0.15) is 0 Å². The van der Waals surface area contributed by atoms with Crippen molar-refractivity contribution in [2.75, 3.05) is 0 Å². The van der Waals surface area contributed by atoms with E-state index in [1.807, 2.05) is 0 Å². The van der Waals surface area contributed by atoms with Gasteiger partial charge < -0.3 is 0 Å². The minimum absolute atomic E-state index is 0.0284. The first-order valence-corrected chi connectivity index (χ1v) is 17.7. The fourth-order valence-electron chi connectivity index (χ4n) is 8.81. The van der Waals surface area contributed by atoms with Crippen molar-refractivity contribution in [2.45, 2.75) is 86.0 Å². The third kappa shape index (κ3) is 5.70. The first kappa shape index (κ1) is 33.5. The fraction of sp³-hybridized carbons (Fsp3) is 0.292. The fourth-order valence-corrected chi connectivity index (χ4v) is 8.81. The van der Waals surface area contributed by atoms with E-state index in [1.54, 1.807) is 0 Å². The van der Waals surface area contributed by atoms with Crippen LogP contribution in [0.2, 0.25) is 0 Å². The van der Waals surface area contributed by atoms with Gasteiger partial charge in [0.2, 0.25) is 0 Å². The Hall–Kier alpha value is -4.42. The van der Waals surface area contributed by atoms with Crippen molar-refractivity contribution in [1.29, 1.82) is 0 Å². The molecule has 0 nitrogen and oxygen atoms in total. The summed E-state index contributed by atoms with van der Waals surface area (Å²) in [6.45, 7) is 25.0. The van der Waals surface area contributed by atoms with Crippen molar-refractivity contribution in [3.8, 4) is 22.3 Å². The summed E-state index contributed by atoms with van der Waals surface area (Å²) in [7, 11) is 0. The summed E-state index contributed by atoms with van der Waals surface area (Å²) >= 11 is 0. The molecular formula is C48H52. The predicted molar refractivity (Wildman–Crippen MR) is 210 cm³/mol. The molecule has 0 heterocycles. The quantitative estimate of drug-likeness (QED) is 0.191. The lowest BCUT2D eigenvalue weighted by Gasteiger charge is -2.39. The van der Waals surface area contributed by atoms with Crippen LogP contribution in [0.3, 0.4) is 0 Å². The van der Waals surface area contributed by atoms with Crippen LogP contribution in [-0.4, -0.2) is 0 Å². The lowest BCUT2D eigenvalue weighted by molar-refractivity contribution is 0.364. The van der Waals surface area contributed by atoms with Crippen LogP contribution in [0.25, 0.3) is 27.8 Å². The maximum Gasteiger partial charge on any atom is 0.0152 e. The Morgan fingerprint density at radius 1 is 0.771 bits per heavy atom. The standard InChI is InChI=1S/C48H52/c1-11-17-37-30-42-39(20-16-23-46(42)47(7,8)43(37)12-2)41-29-36(27-25-32(41)4)35-26-24-31(3)40(28-35)38-19-15-22-45(34(38)6)48(9,10)44-21-14-13-18-33(44)5/h11-21,23-29,45H,2,22,30H2,1,3-10H3/b17-11-. The molecule has 0 amide bonds. The molecule has 0 aromatic heterocycles. The lowest BCUT2D eigenvalue weighted by atomic mass is 9.65. The zero-order valence-corrected chi connectivity index (χ0v) is 30.6. The van der Waals surface area contributed by atoms with E-state index in [0.29, 0.717) is 5.92 Å². The van der Waals surface area contributed by atoms with Gasteiger partial charge in [0, 0.05) is 5.41 Å². The number of hydrogen-bond acceptors (Lipinski definition) is 0. The molecule has 0 N–H and O–H groups in total. The largest absolute Gasteiger partial charge is 0.0987 e. The molecule has 0 radical (unpaired) electrons. The van der Waals surface area contributed by atoms with Gasteiger partial charge in [0.25, 0.3) is 0 Å². The molecule has 4 aromatic rings. The van der Waals surface area contributed by atoms with Crippen molar-refractivity contribution >= 4 is 5.57 Å². The van der Waals surface area contributed by atoms with Crippen LogP contribution in [0.4, 0.5) is 0 Å². The van der Waals surface area contributed by atoms with E-state index < -0.39 is 0 Å². The van der Waals surface area contributed by atoms with E-state index in [2.05, 4.69) is 178 Å². The second-order valence-electron chi connectivity index (χ2n) is 15.2. The SMILES string of the molecule is C=CC1=C(/C=C\C)Cc2c(-c3cc(-c4ccc(C)c(C5=C(C)C(C(C)(C)c6ccccc6C)CC=C5)c4)ccc3C)cccc2C1(C)C. The van der Waals surface area contributed by atoms with Gasteiger partial charge in [-0.05, 0) is 149 Å². The molecule has 2 aliphatic rings. The summed E-state index contributed by atoms with van der Waals surface area (Å²) < 4.78 is 0. The van der Waals surface area contributed by atoms with Gasteiger partial charge in [-0.25, -0.2) is 0 Å². The van der Waals surface area contributed by atoms with Gasteiger partial charge in [0.05, 0.1) is 0 Å². The molecule has 4 aromatic carbocycles.